The van der Waals surface area contributed by atoms with E-state index in [0.29, 0.717) is 17.9 Å². The van der Waals surface area contributed by atoms with Crippen LogP contribution in [0.2, 0.25) is 0 Å². The van der Waals surface area contributed by atoms with Crippen LogP contribution in [0.1, 0.15) is 23.6 Å². The van der Waals surface area contributed by atoms with Gasteiger partial charge in [0.25, 0.3) is 0 Å². The van der Waals surface area contributed by atoms with Crippen LogP contribution in [-0.2, 0) is 10.9 Å². The van der Waals surface area contributed by atoms with Gasteiger partial charge in [0.2, 0.25) is 0 Å². The summed E-state index contributed by atoms with van der Waals surface area (Å²) in [7, 11) is 1.70. The summed E-state index contributed by atoms with van der Waals surface area (Å²) in [6.45, 7) is 0.590. The van der Waals surface area contributed by atoms with E-state index < -0.39 is 11.7 Å². The third kappa shape index (κ3) is 2.67. The Morgan fingerprint density at radius 3 is 2.67 bits per heavy atom. The highest BCUT2D eigenvalue weighted by atomic mass is 19.4. The van der Waals surface area contributed by atoms with Gasteiger partial charge < -0.3 is 10.1 Å². The fraction of sp³-hybridized carbons (Fsp3) is 0.385. The molecule has 0 spiro atoms. The molecule has 1 aliphatic rings. The summed E-state index contributed by atoms with van der Waals surface area (Å²) >= 11 is 0. The lowest BCUT2D eigenvalue weighted by atomic mass is 10.0. The zero-order valence-electron chi connectivity index (χ0n) is 9.92. The number of hydrogen-bond acceptors (Lipinski definition) is 2. The van der Waals surface area contributed by atoms with E-state index in [1.165, 1.54) is 6.07 Å². The molecule has 98 valence electrons. The van der Waals surface area contributed by atoms with Gasteiger partial charge in [-0.15, -0.1) is 0 Å². The first kappa shape index (κ1) is 13.0. The molecule has 0 amide bonds. The smallest absolute Gasteiger partial charge is 0.416 e. The van der Waals surface area contributed by atoms with Crippen LogP contribution >= 0.6 is 0 Å². The van der Waals surface area contributed by atoms with Crippen molar-refractivity contribution in [3.05, 3.63) is 47.2 Å². The number of rotatable bonds is 3. The highest BCUT2D eigenvalue weighted by Crippen LogP contribution is 2.33. The Labute approximate surface area is 103 Å². The molecular formula is C13H14F3NO. The summed E-state index contributed by atoms with van der Waals surface area (Å²) in [5.74, 6) is 0.692. The number of hydrogen-bond donors (Lipinski definition) is 1. The highest BCUT2D eigenvalue weighted by Gasteiger charge is 2.31. The first-order chi connectivity index (χ1) is 8.52. The van der Waals surface area contributed by atoms with E-state index in [-0.39, 0.29) is 6.04 Å². The van der Waals surface area contributed by atoms with Gasteiger partial charge in [0.05, 0.1) is 18.2 Å². The monoisotopic (exact) mass is 257 g/mol. The van der Waals surface area contributed by atoms with Gasteiger partial charge in [-0.3, -0.25) is 0 Å². The third-order valence-electron chi connectivity index (χ3n) is 2.85. The normalized spacial score (nSPS) is 17.2. The van der Waals surface area contributed by atoms with Gasteiger partial charge in [-0.05, 0) is 30.8 Å². The Morgan fingerprint density at radius 2 is 2.11 bits per heavy atom. The molecule has 0 bridgehead atoms. The predicted molar refractivity (Wildman–Crippen MR) is 61.9 cm³/mol. The summed E-state index contributed by atoms with van der Waals surface area (Å²) in [6, 6.07) is 4.98. The predicted octanol–water partition coefficient (Wildman–Crippen LogP) is 3.27. The Hall–Kier alpha value is -1.49. The Morgan fingerprint density at radius 1 is 1.33 bits per heavy atom. The van der Waals surface area contributed by atoms with Crippen molar-refractivity contribution in [1.82, 2.24) is 5.32 Å². The molecule has 18 heavy (non-hydrogen) atoms. The molecule has 1 aliphatic heterocycles. The molecule has 1 aromatic rings. The lowest BCUT2D eigenvalue weighted by Crippen LogP contribution is -2.19. The minimum absolute atomic E-state index is 0.324. The minimum atomic E-state index is -4.32. The summed E-state index contributed by atoms with van der Waals surface area (Å²) in [5.41, 5.74) is -0.0840. The molecule has 1 unspecified atom stereocenters. The Bertz CT molecular complexity index is 454. The van der Waals surface area contributed by atoms with Crippen molar-refractivity contribution in [3.63, 3.8) is 0 Å². The quantitative estimate of drug-likeness (QED) is 0.897. The van der Waals surface area contributed by atoms with Crippen molar-refractivity contribution in [2.45, 2.75) is 18.6 Å². The number of nitrogens with one attached hydrogen (secondary N) is 1. The van der Waals surface area contributed by atoms with E-state index in [2.05, 4.69) is 5.32 Å². The van der Waals surface area contributed by atoms with Crippen LogP contribution in [0.5, 0.6) is 0 Å². The first-order valence-corrected chi connectivity index (χ1v) is 5.69. The minimum Gasteiger partial charge on any atom is -0.496 e. The fourth-order valence-electron chi connectivity index (χ4n) is 2.01. The average molecular weight is 257 g/mol. The molecule has 0 aliphatic carbocycles. The van der Waals surface area contributed by atoms with Gasteiger partial charge in [-0.1, -0.05) is 12.1 Å². The number of benzene rings is 1. The summed E-state index contributed by atoms with van der Waals surface area (Å²) in [6.07, 6.45) is -1.62. The summed E-state index contributed by atoms with van der Waals surface area (Å²) in [4.78, 5) is 0. The molecule has 1 N–H and O–H groups in total. The Balaban J connectivity index is 2.31. The number of likely N-dealkylation sites (N-methyl/N-ethyl adjacent to an activating group) is 1. The van der Waals surface area contributed by atoms with Crippen LogP contribution in [0, 0.1) is 0 Å². The number of alkyl halides is 3. The van der Waals surface area contributed by atoms with E-state index in [9.17, 15) is 13.2 Å². The van der Waals surface area contributed by atoms with E-state index in [0.717, 1.165) is 18.6 Å². The van der Waals surface area contributed by atoms with Crippen molar-refractivity contribution >= 4 is 0 Å². The highest BCUT2D eigenvalue weighted by molar-refractivity contribution is 5.32. The van der Waals surface area contributed by atoms with Gasteiger partial charge in [0, 0.05) is 6.42 Å². The van der Waals surface area contributed by atoms with Crippen LogP contribution < -0.4 is 5.32 Å². The molecular weight excluding hydrogens is 243 g/mol. The molecule has 0 saturated carbocycles. The zero-order valence-corrected chi connectivity index (χ0v) is 9.92. The molecule has 1 aromatic carbocycles. The molecule has 0 saturated heterocycles. The number of halogens is 3. The fourth-order valence-corrected chi connectivity index (χ4v) is 2.01. The maximum Gasteiger partial charge on any atom is 0.416 e. The molecule has 2 rings (SSSR count). The second kappa shape index (κ2) is 5.02. The van der Waals surface area contributed by atoms with Crippen molar-refractivity contribution in [2.24, 2.45) is 0 Å². The van der Waals surface area contributed by atoms with E-state index in [4.69, 9.17) is 4.74 Å². The molecule has 0 radical (unpaired) electrons. The van der Waals surface area contributed by atoms with Crippen LogP contribution in [0.3, 0.4) is 0 Å². The second-order valence-corrected chi connectivity index (χ2v) is 4.09. The van der Waals surface area contributed by atoms with Crippen molar-refractivity contribution in [2.75, 3.05) is 13.7 Å². The van der Waals surface area contributed by atoms with E-state index >= 15 is 0 Å². The SMILES string of the molecule is CNC(C1=CCCO1)c1cccc(C(F)(F)F)c1. The van der Waals surface area contributed by atoms with Gasteiger partial charge in [0.1, 0.15) is 5.76 Å². The molecule has 2 nitrogen and oxygen atoms in total. The zero-order chi connectivity index (χ0) is 13.2. The lowest BCUT2D eigenvalue weighted by Gasteiger charge is -2.19. The van der Waals surface area contributed by atoms with Gasteiger partial charge in [-0.2, -0.15) is 13.2 Å². The second-order valence-electron chi connectivity index (χ2n) is 4.09. The van der Waals surface area contributed by atoms with Crippen molar-refractivity contribution in [1.29, 1.82) is 0 Å². The standard InChI is InChI=1S/C13H14F3NO/c1-17-12(11-6-3-7-18-11)9-4-2-5-10(8-9)13(14,15)16/h2,4-6,8,12,17H,3,7H2,1H3. The van der Waals surface area contributed by atoms with Crippen LogP contribution in [0.25, 0.3) is 0 Å². The third-order valence-corrected chi connectivity index (χ3v) is 2.85. The molecule has 0 aromatic heterocycles. The van der Waals surface area contributed by atoms with Crippen molar-refractivity contribution in [3.8, 4) is 0 Å². The average Bonchev–Trinajstić information content (AvgIpc) is 2.83. The van der Waals surface area contributed by atoms with Crippen LogP contribution in [-0.4, -0.2) is 13.7 Å². The summed E-state index contributed by atoms with van der Waals surface area (Å²) < 4.78 is 43.3. The van der Waals surface area contributed by atoms with Gasteiger partial charge in [-0.25, -0.2) is 0 Å². The Kier molecular flexibility index (Phi) is 3.61. The number of ether oxygens (including phenoxy) is 1. The van der Waals surface area contributed by atoms with Crippen LogP contribution in [0.4, 0.5) is 13.2 Å². The molecule has 0 fully saturated rings. The van der Waals surface area contributed by atoms with Crippen molar-refractivity contribution < 1.29 is 17.9 Å². The maximum atomic E-state index is 12.6. The molecule has 5 heteroatoms. The molecule has 1 atom stereocenters. The maximum absolute atomic E-state index is 12.6. The van der Waals surface area contributed by atoms with Gasteiger partial charge >= 0.3 is 6.18 Å². The van der Waals surface area contributed by atoms with E-state index in [1.54, 1.807) is 13.1 Å². The van der Waals surface area contributed by atoms with E-state index in [1.807, 2.05) is 6.08 Å². The topological polar surface area (TPSA) is 21.3 Å². The first-order valence-electron chi connectivity index (χ1n) is 5.69. The summed E-state index contributed by atoms with van der Waals surface area (Å²) in [5, 5.41) is 2.98. The largest absolute Gasteiger partial charge is 0.496 e. The molecule has 1 heterocycles. The van der Waals surface area contributed by atoms with Crippen LogP contribution in [0.15, 0.2) is 36.1 Å². The lowest BCUT2D eigenvalue weighted by molar-refractivity contribution is -0.137. The van der Waals surface area contributed by atoms with Gasteiger partial charge in [0.15, 0.2) is 0 Å².